The highest BCUT2D eigenvalue weighted by Gasteiger charge is 2.17. The van der Waals surface area contributed by atoms with Gasteiger partial charge in [-0.25, -0.2) is 0 Å². The molecule has 0 spiro atoms. The fraction of sp³-hybridized carbons (Fsp3) is 0.545. The van der Waals surface area contributed by atoms with Crippen LogP contribution in [0.15, 0.2) is 18.3 Å². The van der Waals surface area contributed by atoms with E-state index in [2.05, 4.69) is 31.8 Å². The van der Waals surface area contributed by atoms with Crippen LogP contribution in [0.2, 0.25) is 0 Å². The van der Waals surface area contributed by atoms with Crippen LogP contribution in [0.1, 0.15) is 31.5 Å². The highest BCUT2D eigenvalue weighted by Crippen LogP contribution is 2.14. The zero-order chi connectivity index (χ0) is 9.90. The SMILES string of the molecule is CCC(C)(N)Cc1ncccc1C. The summed E-state index contributed by atoms with van der Waals surface area (Å²) in [5.74, 6) is 0. The molecule has 2 nitrogen and oxygen atoms in total. The highest BCUT2D eigenvalue weighted by molar-refractivity contribution is 5.19. The van der Waals surface area contributed by atoms with Gasteiger partial charge in [-0.3, -0.25) is 4.98 Å². The van der Waals surface area contributed by atoms with Gasteiger partial charge in [0.2, 0.25) is 0 Å². The summed E-state index contributed by atoms with van der Waals surface area (Å²) in [4.78, 5) is 4.33. The molecular formula is C11H18N2. The van der Waals surface area contributed by atoms with E-state index in [0.29, 0.717) is 0 Å². The monoisotopic (exact) mass is 178 g/mol. The molecule has 1 heterocycles. The van der Waals surface area contributed by atoms with Crippen molar-refractivity contribution in [3.05, 3.63) is 29.6 Å². The number of pyridine rings is 1. The van der Waals surface area contributed by atoms with Crippen molar-refractivity contribution in [3.63, 3.8) is 0 Å². The quantitative estimate of drug-likeness (QED) is 0.769. The summed E-state index contributed by atoms with van der Waals surface area (Å²) < 4.78 is 0. The molecule has 72 valence electrons. The second-order valence-corrected chi connectivity index (χ2v) is 3.95. The van der Waals surface area contributed by atoms with Crippen molar-refractivity contribution in [2.45, 2.75) is 39.2 Å². The lowest BCUT2D eigenvalue weighted by atomic mass is 9.92. The predicted octanol–water partition coefficient (Wildman–Crippen LogP) is 2.06. The van der Waals surface area contributed by atoms with Gasteiger partial charge in [-0.15, -0.1) is 0 Å². The third-order valence-corrected chi connectivity index (χ3v) is 2.50. The minimum absolute atomic E-state index is 0.126. The first-order chi connectivity index (χ1) is 6.05. The Bertz CT molecular complexity index is 279. The molecule has 1 rings (SSSR count). The average molecular weight is 178 g/mol. The van der Waals surface area contributed by atoms with Gasteiger partial charge >= 0.3 is 0 Å². The lowest BCUT2D eigenvalue weighted by Gasteiger charge is -2.22. The van der Waals surface area contributed by atoms with Gasteiger partial charge in [-0.2, -0.15) is 0 Å². The van der Waals surface area contributed by atoms with Crippen molar-refractivity contribution in [2.24, 2.45) is 5.73 Å². The first-order valence-corrected chi connectivity index (χ1v) is 4.74. The molecule has 0 radical (unpaired) electrons. The number of aryl methyl sites for hydroxylation is 1. The largest absolute Gasteiger partial charge is 0.325 e. The molecule has 13 heavy (non-hydrogen) atoms. The van der Waals surface area contributed by atoms with Crippen LogP contribution in [-0.4, -0.2) is 10.5 Å². The molecule has 0 aromatic carbocycles. The van der Waals surface area contributed by atoms with Crippen molar-refractivity contribution in [1.82, 2.24) is 4.98 Å². The lowest BCUT2D eigenvalue weighted by Crippen LogP contribution is -2.38. The molecule has 0 aliphatic heterocycles. The second kappa shape index (κ2) is 3.88. The maximum atomic E-state index is 6.08. The normalized spacial score (nSPS) is 15.4. The van der Waals surface area contributed by atoms with E-state index >= 15 is 0 Å². The highest BCUT2D eigenvalue weighted by atomic mass is 14.8. The van der Waals surface area contributed by atoms with Crippen LogP contribution in [0.3, 0.4) is 0 Å². The van der Waals surface area contributed by atoms with E-state index in [1.807, 2.05) is 12.3 Å². The van der Waals surface area contributed by atoms with Gasteiger partial charge in [0.05, 0.1) is 0 Å². The van der Waals surface area contributed by atoms with Gasteiger partial charge in [0, 0.05) is 23.9 Å². The van der Waals surface area contributed by atoms with E-state index in [4.69, 9.17) is 5.73 Å². The summed E-state index contributed by atoms with van der Waals surface area (Å²) in [6.45, 7) is 6.26. The molecule has 1 atom stereocenters. The van der Waals surface area contributed by atoms with Crippen molar-refractivity contribution in [2.75, 3.05) is 0 Å². The maximum absolute atomic E-state index is 6.08. The van der Waals surface area contributed by atoms with Crippen molar-refractivity contribution in [1.29, 1.82) is 0 Å². The average Bonchev–Trinajstić information content (AvgIpc) is 2.09. The van der Waals surface area contributed by atoms with Crippen molar-refractivity contribution >= 4 is 0 Å². The standard InChI is InChI=1S/C11H18N2/c1-4-11(3,12)8-10-9(2)6-5-7-13-10/h5-7H,4,8,12H2,1-3H3. The van der Waals surface area contributed by atoms with E-state index < -0.39 is 0 Å². The number of hydrogen-bond acceptors (Lipinski definition) is 2. The Morgan fingerprint density at radius 1 is 1.54 bits per heavy atom. The summed E-state index contributed by atoms with van der Waals surface area (Å²) in [5, 5.41) is 0. The molecule has 1 aromatic rings. The minimum atomic E-state index is -0.126. The molecule has 0 fully saturated rings. The van der Waals surface area contributed by atoms with E-state index in [1.54, 1.807) is 0 Å². The number of rotatable bonds is 3. The predicted molar refractivity (Wildman–Crippen MR) is 55.6 cm³/mol. The first-order valence-electron chi connectivity index (χ1n) is 4.74. The number of nitrogens with two attached hydrogens (primary N) is 1. The second-order valence-electron chi connectivity index (χ2n) is 3.95. The van der Waals surface area contributed by atoms with E-state index in [0.717, 1.165) is 18.5 Å². The fourth-order valence-electron chi connectivity index (χ4n) is 1.21. The molecule has 1 unspecified atom stereocenters. The number of aromatic nitrogens is 1. The summed E-state index contributed by atoms with van der Waals surface area (Å²) in [7, 11) is 0. The van der Waals surface area contributed by atoms with Crippen LogP contribution in [0.25, 0.3) is 0 Å². The van der Waals surface area contributed by atoms with Crippen LogP contribution in [0.4, 0.5) is 0 Å². The van der Waals surface area contributed by atoms with E-state index in [-0.39, 0.29) is 5.54 Å². The Hall–Kier alpha value is -0.890. The van der Waals surface area contributed by atoms with Gasteiger partial charge in [-0.1, -0.05) is 13.0 Å². The summed E-state index contributed by atoms with van der Waals surface area (Å²) in [6.07, 6.45) is 3.66. The Morgan fingerprint density at radius 2 is 2.23 bits per heavy atom. The summed E-state index contributed by atoms with van der Waals surface area (Å²) >= 11 is 0. The molecule has 0 amide bonds. The van der Waals surface area contributed by atoms with Gasteiger partial charge in [0.25, 0.3) is 0 Å². The fourth-order valence-corrected chi connectivity index (χ4v) is 1.21. The summed E-state index contributed by atoms with van der Waals surface area (Å²) in [6, 6.07) is 4.03. The smallest absolute Gasteiger partial charge is 0.0450 e. The number of hydrogen-bond donors (Lipinski definition) is 1. The zero-order valence-electron chi connectivity index (χ0n) is 8.67. The van der Waals surface area contributed by atoms with Gasteiger partial charge in [-0.05, 0) is 31.9 Å². The molecule has 0 aliphatic carbocycles. The van der Waals surface area contributed by atoms with Crippen LogP contribution in [0, 0.1) is 6.92 Å². The van der Waals surface area contributed by atoms with Gasteiger partial charge in [0.1, 0.15) is 0 Å². The van der Waals surface area contributed by atoms with Gasteiger partial charge < -0.3 is 5.73 Å². The molecule has 2 heteroatoms. The van der Waals surface area contributed by atoms with E-state index in [9.17, 15) is 0 Å². The summed E-state index contributed by atoms with van der Waals surface area (Å²) in [5.41, 5.74) is 8.30. The Labute approximate surface area is 80.2 Å². The molecule has 0 bridgehead atoms. The van der Waals surface area contributed by atoms with Crippen LogP contribution < -0.4 is 5.73 Å². The molecule has 2 N–H and O–H groups in total. The Balaban J connectivity index is 2.80. The molecular weight excluding hydrogens is 160 g/mol. The van der Waals surface area contributed by atoms with Crippen LogP contribution in [-0.2, 0) is 6.42 Å². The Kier molecular flexibility index (Phi) is 3.04. The maximum Gasteiger partial charge on any atom is 0.0450 e. The minimum Gasteiger partial charge on any atom is -0.325 e. The number of nitrogens with zero attached hydrogens (tertiary/aromatic N) is 1. The molecule has 0 aliphatic rings. The van der Waals surface area contributed by atoms with Crippen LogP contribution >= 0.6 is 0 Å². The first kappa shape index (κ1) is 10.2. The topological polar surface area (TPSA) is 38.9 Å². The van der Waals surface area contributed by atoms with E-state index in [1.165, 1.54) is 5.56 Å². The molecule has 0 saturated carbocycles. The molecule has 0 saturated heterocycles. The van der Waals surface area contributed by atoms with Crippen molar-refractivity contribution < 1.29 is 0 Å². The Morgan fingerprint density at radius 3 is 2.77 bits per heavy atom. The van der Waals surface area contributed by atoms with Crippen LogP contribution in [0.5, 0.6) is 0 Å². The van der Waals surface area contributed by atoms with Crippen molar-refractivity contribution in [3.8, 4) is 0 Å². The third kappa shape index (κ3) is 2.81. The third-order valence-electron chi connectivity index (χ3n) is 2.50. The van der Waals surface area contributed by atoms with Gasteiger partial charge in [0.15, 0.2) is 0 Å². The zero-order valence-corrected chi connectivity index (χ0v) is 8.67. The lowest BCUT2D eigenvalue weighted by molar-refractivity contribution is 0.444. The molecule has 1 aromatic heterocycles.